The molecule has 0 bridgehead atoms. The quantitative estimate of drug-likeness (QED) is 0.671. The minimum absolute atomic E-state index is 0.427. The fourth-order valence-electron chi connectivity index (χ4n) is 3.43. The predicted octanol–water partition coefficient (Wildman–Crippen LogP) is 3.32. The van der Waals surface area contributed by atoms with Crippen molar-refractivity contribution in [1.82, 2.24) is 25.3 Å². The summed E-state index contributed by atoms with van der Waals surface area (Å²) in [4.78, 5) is 30.0. The Hall–Kier alpha value is -2.88. The van der Waals surface area contributed by atoms with E-state index in [-0.39, 0.29) is 0 Å². The number of carbonyl (C=O) groups excluding carboxylic acids is 1. The molecule has 11 heteroatoms. The van der Waals surface area contributed by atoms with Crippen molar-refractivity contribution in [3.8, 4) is 11.3 Å². The summed E-state index contributed by atoms with van der Waals surface area (Å²) in [5.41, 5.74) is 1.92. The molecule has 152 valence electrons. The Morgan fingerprint density at radius 1 is 1.34 bits per heavy atom. The molecule has 0 aliphatic carbocycles. The predicted molar refractivity (Wildman–Crippen MR) is 102 cm³/mol. The molecule has 4 rings (SSSR count). The summed E-state index contributed by atoms with van der Waals surface area (Å²) in [6, 6.07) is 1.04. The number of nitrogens with one attached hydrogen (secondary N) is 2. The lowest BCUT2D eigenvalue weighted by molar-refractivity contribution is -0.139. The van der Waals surface area contributed by atoms with Gasteiger partial charge in [-0.25, -0.2) is 9.97 Å². The smallest absolute Gasteiger partial charge is 0.345 e. The molecule has 7 nitrogen and oxygen atoms in total. The lowest BCUT2D eigenvalue weighted by Gasteiger charge is -2.25. The molecule has 1 saturated heterocycles. The van der Waals surface area contributed by atoms with Crippen molar-refractivity contribution in [2.75, 3.05) is 18.0 Å². The van der Waals surface area contributed by atoms with Gasteiger partial charge in [0, 0.05) is 29.9 Å². The van der Waals surface area contributed by atoms with Crippen LogP contribution in [-0.4, -0.2) is 51.2 Å². The Bertz CT molecular complexity index is 1050. The van der Waals surface area contributed by atoms with Crippen LogP contribution < -0.4 is 10.2 Å². The van der Waals surface area contributed by atoms with Crippen molar-refractivity contribution in [1.29, 1.82) is 0 Å². The van der Waals surface area contributed by atoms with Gasteiger partial charge >= 0.3 is 6.18 Å². The molecule has 1 atom stereocenters. The molecule has 3 aromatic rings. The van der Waals surface area contributed by atoms with Gasteiger partial charge in [-0.2, -0.15) is 13.2 Å². The average Bonchev–Trinajstić information content (AvgIpc) is 3.32. The van der Waals surface area contributed by atoms with E-state index in [0.717, 1.165) is 10.9 Å². The maximum absolute atomic E-state index is 12.4. The highest BCUT2D eigenvalue weighted by atomic mass is 35.5. The average molecular weight is 425 g/mol. The number of amides is 1. The zero-order valence-electron chi connectivity index (χ0n) is 15.0. The maximum Gasteiger partial charge on any atom is 0.405 e. The van der Waals surface area contributed by atoms with Crippen molar-refractivity contribution in [3.63, 3.8) is 0 Å². The molecular formula is C18H16ClF3N6O. The van der Waals surface area contributed by atoms with Crippen LogP contribution in [0.3, 0.4) is 0 Å². The number of fused-ring (bicyclic) bond motifs is 1. The van der Waals surface area contributed by atoms with Gasteiger partial charge in [-0.15, -0.1) is 0 Å². The second kappa shape index (κ2) is 7.51. The first-order valence-electron chi connectivity index (χ1n) is 8.88. The molecule has 29 heavy (non-hydrogen) atoms. The van der Waals surface area contributed by atoms with Gasteiger partial charge in [-0.3, -0.25) is 9.78 Å². The van der Waals surface area contributed by atoms with E-state index in [1.807, 2.05) is 5.32 Å². The van der Waals surface area contributed by atoms with Crippen molar-refractivity contribution in [2.45, 2.75) is 25.1 Å². The first-order valence-corrected chi connectivity index (χ1v) is 9.26. The van der Waals surface area contributed by atoms with Crippen molar-refractivity contribution in [3.05, 3.63) is 35.9 Å². The van der Waals surface area contributed by atoms with Gasteiger partial charge in [-0.1, -0.05) is 11.6 Å². The van der Waals surface area contributed by atoms with Crippen LogP contribution in [0.25, 0.3) is 22.3 Å². The van der Waals surface area contributed by atoms with E-state index >= 15 is 0 Å². The molecule has 0 radical (unpaired) electrons. The maximum atomic E-state index is 12.4. The zero-order valence-corrected chi connectivity index (χ0v) is 15.8. The number of hydrogen-bond acceptors (Lipinski definition) is 5. The third-order valence-electron chi connectivity index (χ3n) is 4.71. The second-order valence-corrected chi connectivity index (χ2v) is 7.14. The molecule has 1 fully saturated rings. The van der Waals surface area contributed by atoms with Crippen molar-refractivity contribution < 1.29 is 18.0 Å². The highest BCUT2D eigenvalue weighted by molar-refractivity contribution is 6.31. The number of aromatic nitrogens is 4. The van der Waals surface area contributed by atoms with E-state index in [9.17, 15) is 18.0 Å². The first-order chi connectivity index (χ1) is 13.8. The number of halogens is 4. The number of nitrogens with zero attached hydrogens (tertiary/aromatic N) is 4. The van der Waals surface area contributed by atoms with Crippen molar-refractivity contribution in [2.24, 2.45) is 0 Å². The molecule has 1 aliphatic heterocycles. The Balaban J connectivity index is 1.61. The Labute approximate surface area is 168 Å². The molecule has 0 spiro atoms. The highest BCUT2D eigenvalue weighted by Crippen LogP contribution is 2.30. The molecule has 0 unspecified atom stereocenters. The van der Waals surface area contributed by atoms with E-state index < -0.39 is 24.7 Å². The van der Waals surface area contributed by atoms with E-state index in [2.05, 4.69) is 19.9 Å². The largest absolute Gasteiger partial charge is 0.405 e. The van der Waals surface area contributed by atoms with Gasteiger partial charge in [0.05, 0.1) is 23.1 Å². The number of rotatable bonds is 4. The van der Waals surface area contributed by atoms with E-state index in [1.54, 1.807) is 23.4 Å². The van der Waals surface area contributed by atoms with Crippen LogP contribution in [0.15, 0.2) is 30.9 Å². The number of anilines is 1. The Kier molecular flexibility index (Phi) is 5.03. The summed E-state index contributed by atoms with van der Waals surface area (Å²) in [6.45, 7) is -0.853. The normalized spacial score (nSPS) is 17.1. The molecule has 1 aliphatic rings. The van der Waals surface area contributed by atoms with Crippen LogP contribution in [0, 0.1) is 0 Å². The lowest BCUT2D eigenvalue weighted by Crippen LogP contribution is -2.46. The minimum atomic E-state index is -4.45. The molecule has 2 N–H and O–H groups in total. The molecule has 0 aromatic carbocycles. The molecule has 1 amide bonds. The van der Waals surface area contributed by atoms with Crippen LogP contribution in [0.5, 0.6) is 0 Å². The summed E-state index contributed by atoms with van der Waals surface area (Å²) < 4.78 is 37.3. The molecule has 3 aromatic heterocycles. The summed E-state index contributed by atoms with van der Waals surface area (Å²) in [7, 11) is 0. The summed E-state index contributed by atoms with van der Waals surface area (Å²) in [5, 5.41) is 3.20. The van der Waals surface area contributed by atoms with E-state index in [4.69, 9.17) is 11.6 Å². The third kappa shape index (κ3) is 4.12. The standard InChI is InChI=1S/C18H16ClF3N6O/c19-10-4-11-12(6-25-16(11)24-5-10)13-7-23-8-15(27-13)28-3-1-2-14(28)17(29)26-9-18(20,21)22/h4-8,14H,1-3,9H2,(H,24,25)(H,26,29)/t14-/m0/s1. The fraction of sp³-hybridized carbons (Fsp3) is 0.333. The van der Waals surface area contributed by atoms with Gasteiger partial charge in [0.15, 0.2) is 0 Å². The topological polar surface area (TPSA) is 86.8 Å². The monoisotopic (exact) mass is 424 g/mol. The molecule has 4 heterocycles. The number of aromatic amines is 1. The molecular weight excluding hydrogens is 409 g/mol. The summed E-state index contributed by atoms with van der Waals surface area (Å²) >= 11 is 6.04. The number of alkyl halides is 3. The van der Waals surface area contributed by atoms with Crippen LogP contribution >= 0.6 is 11.6 Å². The van der Waals surface area contributed by atoms with Crippen LogP contribution in [0.4, 0.5) is 19.0 Å². The summed E-state index contributed by atoms with van der Waals surface area (Å²) in [6.07, 6.45) is 3.00. The van der Waals surface area contributed by atoms with Gasteiger partial charge < -0.3 is 15.2 Å². The number of H-pyrrole nitrogens is 1. The van der Waals surface area contributed by atoms with Gasteiger partial charge in [0.2, 0.25) is 5.91 Å². The van der Waals surface area contributed by atoms with E-state index in [1.165, 1.54) is 12.4 Å². The highest BCUT2D eigenvalue weighted by Gasteiger charge is 2.35. The first kappa shape index (κ1) is 19.4. The third-order valence-corrected chi connectivity index (χ3v) is 4.91. The van der Waals surface area contributed by atoms with Crippen LogP contribution in [0.2, 0.25) is 5.02 Å². The summed E-state index contributed by atoms with van der Waals surface area (Å²) in [5.74, 6) is -0.244. The van der Waals surface area contributed by atoms with Crippen LogP contribution in [0.1, 0.15) is 12.8 Å². The second-order valence-electron chi connectivity index (χ2n) is 6.70. The number of pyridine rings is 1. The Morgan fingerprint density at radius 3 is 2.97 bits per heavy atom. The molecule has 0 saturated carbocycles. The van der Waals surface area contributed by atoms with Crippen molar-refractivity contribution >= 4 is 34.4 Å². The van der Waals surface area contributed by atoms with Gasteiger partial charge in [-0.05, 0) is 18.9 Å². The Morgan fingerprint density at radius 2 is 2.17 bits per heavy atom. The van der Waals surface area contributed by atoms with Gasteiger partial charge in [0.1, 0.15) is 24.1 Å². The zero-order chi connectivity index (χ0) is 20.6. The number of carbonyl (C=O) groups is 1. The van der Waals surface area contributed by atoms with Gasteiger partial charge in [0.25, 0.3) is 0 Å². The SMILES string of the molecule is O=C(NCC(F)(F)F)[C@@H]1CCCN1c1cncc(-c2c[nH]c3ncc(Cl)cc23)n1. The minimum Gasteiger partial charge on any atom is -0.345 e. The van der Waals surface area contributed by atoms with Crippen LogP contribution in [-0.2, 0) is 4.79 Å². The fourth-order valence-corrected chi connectivity index (χ4v) is 3.59. The van der Waals surface area contributed by atoms with E-state index in [0.29, 0.717) is 41.6 Å². The number of hydrogen-bond donors (Lipinski definition) is 2. The lowest BCUT2D eigenvalue weighted by atomic mass is 10.1.